The SMILES string of the molecule is C=CCN(C(=O)[C@H]1[C@H]2C(=O)N([C@@H](CO)[C@@H](C)CC)C(C(=O)N(CC=C)c3cc(C)ccc3C)C23CC[C@]1(CC)O3)c1ccccc1. The van der Waals surface area contributed by atoms with E-state index in [0.29, 0.717) is 31.4 Å². The van der Waals surface area contributed by atoms with Gasteiger partial charge in [0.2, 0.25) is 11.8 Å². The van der Waals surface area contributed by atoms with Gasteiger partial charge in [-0.15, -0.1) is 13.2 Å². The van der Waals surface area contributed by atoms with Crippen LogP contribution in [0.15, 0.2) is 73.8 Å². The van der Waals surface area contributed by atoms with Crippen molar-refractivity contribution in [2.75, 3.05) is 29.5 Å². The van der Waals surface area contributed by atoms with Gasteiger partial charge in [0.25, 0.3) is 5.91 Å². The molecular formula is C38H49N3O5. The summed E-state index contributed by atoms with van der Waals surface area (Å²) >= 11 is 0. The number of carbonyl (C=O) groups is 3. The van der Waals surface area contributed by atoms with Crippen LogP contribution < -0.4 is 9.80 Å². The van der Waals surface area contributed by atoms with Crippen LogP contribution in [0.4, 0.5) is 11.4 Å². The normalized spacial score (nSPS) is 27.7. The van der Waals surface area contributed by atoms with Crippen LogP contribution in [0.3, 0.4) is 0 Å². The van der Waals surface area contributed by atoms with E-state index in [9.17, 15) is 14.7 Å². The molecule has 2 unspecified atom stereocenters. The highest BCUT2D eigenvalue weighted by molar-refractivity contribution is 6.07. The molecule has 5 rings (SSSR count). The molecule has 2 aromatic carbocycles. The Morgan fingerprint density at radius 1 is 1.04 bits per heavy atom. The maximum Gasteiger partial charge on any atom is 0.253 e. The largest absolute Gasteiger partial charge is 0.394 e. The molecule has 246 valence electrons. The van der Waals surface area contributed by atoms with Gasteiger partial charge >= 0.3 is 0 Å². The van der Waals surface area contributed by atoms with E-state index in [1.54, 1.807) is 26.9 Å². The summed E-state index contributed by atoms with van der Waals surface area (Å²) in [7, 11) is 0. The summed E-state index contributed by atoms with van der Waals surface area (Å²) in [6.45, 7) is 18.0. The molecule has 0 radical (unpaired) electrons. The summed E-state index contributed by atoms with van der Waals surface area (Å²) in [4.78, 5) is 49.9. The minimum Gasteiger partial charge on any atom is -0.394 e. The Labute approximate surface area is 273 Å². The first kappa shape index (κ1) is 33.6. The summed E-state index contributed by atoms with van der Waals surface area (Å²) < 4.78 is 7.09. The zero-order valence-electron chi connectivity index (χ0n) is 27.9. The first-order valence-electron chi connectivity index (χ1n) is 16.7. The Morgan fingerprint density at radius 3 is 2.33 bits per heavy atom. The predicted octanol–water partition coefficient (Wildman–Crippen LogP) is 5.60. The number of rotatable bonds is 13. The smallest absolute Gasteiger partial charge is 0.253 e. The lowest BCUT2D eigenvalue weighted by Crippen LogP contribution is -2.60. The lowest BCUT2D eigenvalue weighted by Gasteiger charge is -2.41. The fraction of sp³-hybridized carbons (Fsp3) is 0.500. The number of ether oxygens (including phenoxy) is 1. The second kappa shape index (κ2) is 13.2. The topological polar surface area (TPSA) is 90.4 Å². The maximum atomic E-state index is 15.2. The van der Waals surface area contributed by atoms with Gasteiger partial charge in [-0.25, -0.2) is 0 Å². The van der Waals surface area contributed by atoms with Gasteiger partial charge in [0.05, 0.1) is 30.1 Å². The lowest BCUT2D eigenvalue weighted by atomic mass is 9.64. The molecule has 2 bridgehead atoms. The van der Waals surface area contributed by atoms with Crippen molar-refractivity contribution in [2.45, 2.75) is 83.6 Å². The molecule has 3 aliphatic rings. The zero-order valence-corrected chi connectivity index (χ0v) is 27.9. The van der Waals surface area contributed by atoms with Gasteiger partial charge in [-0.3, -0.25) is 14.4 Å². The van der Waals surface area contributed by atoms with E-state index in [1.807, 2.05) is 83.1 Å². The number of amides is 3. The average Bonchev–Trinajstić information content (AvgIpc) is 3.67. The van der Waals surface area contributed by atoms with Gasteiger partial charge in [-0.2, -0.15) is 0 Å². The van der Waals surface area contributed by atoms with Crippen molar-refractivity contribution in [1.29, 1.82) is 0 Å². The number of fused-ring (bicyclic) bond motifs is 1. The number of nitrogens with zero attached hydrogens (tertiary/aromatic N) is 3. The average molecular weight is 628 g/mol. The molecule has 8 nitrogen and oxygen atoms in total. The van der Waals surface area contributed by atoms with Crippen LogP contribution in [0.5, 0.6) is 0 Å². The molecule has 0 aliphatic carbocycles. The van der Waals surface area contributed by atoms with Crippen molar-refractivity contribution in [1.82, 2.24) is 4.90 Å². The number of carbonyl (C=O) groups excluding carboxylic acids is 3. The van der Waals surface area contributed by atoms with Crippen molar-refractivity contribution >= 4 is 29.1 Å². The van der Waals surface area contributed by atoms with Crippen LogP contribution in [0.25, 0.3) is 0 Å². The molecule has 2 aromatic rings. The van der Waals surface area contributed by atoms with E-state index < -0.39 is 35.1 Å². The Kier molecular flexibility index (Phi) is 9.62. The van der Waals surface area contributed by atoms with Gasteiger partial charge < -0.3 is 24.5 Å². The van der Waals surface area contributed by atoms with Crippen LogP contribution in [0.1, 0.15) is 57.6 Å². The molecule has 3 aliphatic heterocycles. The molecule has 3 heterocycles. The molecular weight excluding hydrogens is 578 g/mol. The minimum absolute atomic E-state index is 0.0962. The Balaban J connectivity index is 1.69. The molecule has 3 amide bonds. The van der Waals surface area contributed by atoms with Gasteiger partial charge in [-0.1, -0.05) is 69.7 Å². The fourth-order valence-corrected chi connectivity index (χ4v) is 8.30. The molecule has 7 atom stereocenters. The summed E-state index contributed by atoms with van der Waals surface area (Å²) in [5, 5.41) is 10.8. The highest BCUT2D eigenvalue weighted by Crippen LogP contribution is 2.65. The molecule has 0 saturated carbocycles. The van der Waals surface area contributed by atoms with Gasteiger partial charge in [-0.05, 0) is 68.4 Å². The second-order valence-corrected chi connectivity index (χ2v) is 13.3. The summed E-state index contributed by atoms with van der Waals surface area (Å²) in [5.74, 6) is -2.55. The molecule has 3 fully saturated rings. The molecule has 8 heteroatoms. The number of aryl methyl sites for hydroxylation is 2. The number of anilines is 2. The van der Waals surface area contributed by atoms with Crippen molar-refractivity contribution in [3.05, 3.63) is 85.0 Å². The zero-order chi connectivity index (χ0) is 33.4. The van der Waals surface area contributed by atoms with Gasteiger partial charge in [0.1, 0.15) is 11.6 Å². The van der Waals surface area contributed by atoms with E-state index in [1.165, 1.54) is 0 Å². The maximum absolute atomic E-state index is 15.2. The van der Waals surface area contributed by atoms with Crippen LogP contribution in [-0.2, 0) is 19.1 Å². The quantitative estimate of drug-likeness (QED) is 0.292. The number of hydrogen-bond donors (Lipinski definition) is 1. The van der Waals surface area contributed by atoms with Crippen molar-refractivity contribution in [3.63, 3.8) is 0 Å². The number of likely N-dealkylation sites (tertiary alicyclic amines) is 1. The Morgan fingerprint density at radius 2 is 1.72 bits per heavy atom. The van der Waals surface area contributed by atoms with Crippen molar-refractivity contribution in [3.8, 4) is 0 Å². The van der Waals surface area contributed by atoms with Gasteiger partial charge in [0, 0.05) is 24.5 Å². The van der Waals surface area contributed by atoms with Crippen LogP contribution in [0.2, 0.25) is 0 Å². The summed E-state index contributed by atoms with van der Waals surface area (Å²) in [6, 6.07) is 13.7. The van der Waals surface area contributed by atoms with Crippen LogP contribution >= 0.6 is 0 Å². The van der Waals surface area contributed by atoms with E-state index in [2.05, 4.69) is 13.2 Å². The third kappa shape index (κ3) is 5.20. The third-order valence-corrected chi connectivity index (χ3v) is 10.8. The first-order chi connectivity index (χ1) is 22.0. The first-order valence-corrected chi connectivity index (χ1v) is 16.7. The van der Waals surface area contributed by atoms with E-state index in [4.69, 9.17) is 4.74 Å². The van der Waals surface area contributed by atoms with E-state index in [0.717, 1.165) is 16.8 Å². The lowest BCUT2D eigenvalue weighted by molar-refractivity contribution is -0.150. The number of aliphatic hydroxyl groups is 1. The Hall–Kier alpha value is -3.75. The van der Waals surface area contributed by atoms with Gasteiger partial charge in [0.15, 0.2) is 0 Å². The summed E-state index contributed by atoms with van der Waals surface area (Å²) in [5.41, 5.74) is 1.26. The van der Waals surface area contributed by atoms with E-state index >= 15 is 4.79 Å². The van der Waals surface area contributed by atoms with Crippen molar-refractivity contribution < 1.29 is 24.2 Å². The van der Waals surface area contributed by atoms with Crippen molar-refractivity contribution in [2.24, 2.45) is 17.8 Å². The molecule has 1 spiro atoms. The molecule has 0 aromatic heterocycles. The predicted molar refractivity (Wildman–Crippen MR) is 181 cm³/mol. The molecule has 46 heavy (non-hydrogen) atoms. The number of aliphatic hydroxyl groups excluding tert-OH is 1. The Bertz CT molecular complexity index is 1490. The number of hydrogen-bond acceptors (Lipinski definition) is 5. The fourth-order valence-electron chi connectivity index (χ4n) is 8.30. The third-order valence-electron chi connectivity index (χ3n) is 10.8. The summed E-state index contributed by atoms with van der Waals surface area (Å²) in [6.07, 6.45) is 5.61. The highest BCUT2D eigenvalue weighted by Gasteiger charge is 2.79. The van der Waals surface area contributed by atoms with E-state index in [-0.39, 0.29) is 43.3 Å². The monoisotopic (exact) mass is 627 g/mol. The second-order valence-electron chi connectivity index (χ2n) is 13.3. The molecule has 3 saturated heterocycles. The van der Waals surface area contributed by atoms with Crippen LogP contribution in [0, 0.1) is 31.6 Å². The molecule has 1 N–H and O–H groups in total. The highest BCUT2D eigenvalue weighted by atomic mass is 16.5. The number of benzene rings is 2. The number of para-hydroxylation sites is 1. The standard InChI is InChI=1S/C38H49N3O5/c1-8-21-39(28-15-13-12-14-16-28)34(43)31-32-35(44)41(30(24-42)26(6)10-3)33(38(32)20-19-37(31,11-4)46-38)36(45)40(22-9-2)29-23-25(5)17-18-27(29)7/h8-9,12-18,23,26,30-33,42H,1-2,10-11,19-22,24H2,3-7H3/t26-,30-,31+,32-,33?,37-,38?/m0/s1. The minimum atomic E-state index is -1.22. The van der Waals surface area contributed by atoms with Crippen LogP contribution in [-0.4, -0.2) is 70.7 Å².